The number of carbonyl (C=O) groups is 2. The van der Waals surface area contributed by atoms with E-state index in [1.54, 1.807) is 24.3 Å². The van der Waals surface area contributed by atoms with Crippen LogP contribution >= 0.6 is 0 Å². The molecule has 0 saturated carbocycles. The number of ether oxygens (including phenoxy) is 2. The average Bonchev–Trinajstić information content (AvgIpc) is 3.06. The number of aryl methyl sites for hydroxylation is 2. The molecule has 0 radical (unpaired) electrons. The summed E-state index contributed by atoms with van der Waals surface area (Å²) in [7, 11) is 0. The molecule has 4 rings (SSSR count). The molecule has 1 N–H and O–H groups in total. The highest BCUT2D eigenvalue weighted by atomic mass is 16.5. The molecule has 6 heteroatoms. The van der Waals surface area contributed by atoms with Crippen molar-refractivity contribution < 1.29 is 19.1 Å². The van der Waals surface area contributed by atoms with E-state index in [1.165, 1.54) is 4.90 Å². The van der Waals surface area contributed by atoms with Crippen molar-refractivity contribution in [3.8, 4) is 11.5 Å². The Morgan fingerprint density at radius 1 is 0.765 bits per heavy atom. The SMILES string of the molecule is CCOc1ccc(NC2=C(c3ccc(OCC)cc3)C(=O)N(c3ccc(C)cc3C)C2=O)cc1. The topological polar surface area (TPSA) is 67.9 Å². The molecular weight excluding hydrogens is 428 g/mol. The maximum absolute atomic E-state index is 13.7. The molecule has 0 unspecified atom stereocenters. The van der Waals surface area contributed by atoms with E-state index in [1.807, 2.05) is 70.2 Å². The molecule has 1 heterocycles. The lowest BCUT2D eigenvalue weighted by atomic mass is 10.0. The second kappa shape index (κ2) is 9.83. The van der Waals surface area contributed by atoms with E-state index in [-0.39, 0.29) is 11.6 Å². The Hall–Kier alpha value is -4.06. The Morgan fingerprint density at radius 3 is 1.91 bits per heavy atom. The molecule has 2 amide bonds. The lowest BCUT2D eigenvalue weighted by molar-refractivity contribution is -0.120. The maximum Gasteiger partial charge on any atom is 0.282 e. The fourth-order valence-corrected chi connectivity index (χ4v) is 4.02. The fraction of sp³-hybridized carbons (Fsp3) is 0.214. The molecule has 1 aliphatic heterocycles. The molecule has 34 heavy (non-hydrogen) atoms. The second-order valence-electron chi connectivity index (χ2n) is 8.03. The van der Waals surface area contributed by atoms with Crippen molar-refractivity contribution in [3.63, 3.8) is 0 Å². The van der Waals surface area contributed by atoms with Gasteiger partial charge in [0.25, 0.3) is 11.8 Å². The number of benzene rings is 3. The first-order chi connectivity index (χ1) is 16.4. The quantitative estimate of drug-likeness (QED) is 0.454. The lowest BCUT2D eigenvalue weighted by Crippen LogP contribution is -2.33. The fourth-order valence-electron chi connectivity index (χ4n) is 4.02. The number of hydrogen-bond acceptors (Lipinski definition) is 5. The van der Waals surface area contributed by atoms with Gasteiger partial charge < -0.3 is 14.8 Å². The van der Waals surface area contributed by atoms with E-state index in [0.29, 0.717) is 41.5 Å². The molecule has 174 valence electrons. The van der Waals surface area contributed by atoms with E-state index in [2.05, 4.69) is 5.32 Å². The van der Waals surface area contributed by atoms with Crippen LogP contribution in [0.1, 0.15) is 30.5 Å². The molecule has 6 nitrogen and oxygen atoms in total. The number of imide groups is 1. The third kappa shape index (κ3) is 4.53. The summed E-state index contributed by atoms with van der Waals surface area (Å²) in [6.45, 7) is 8.83. The number of nitrogens with one attached hydrogen (secondary N) is 1. The van der Waals surface area contributed by atoms with Gasteiger partial charge in [-0.3, -0.25) is 9.59 Å². The van der Waals surface area contributed by atoms with Gasteiger partial charge >= 0.3 is 0 Å². The van der Waals surface area contributed by atoms with E-state index >= 15 is 0 Å². The predicted octanol–water partition coefficient (Wildman–Crippen LogP) is 5.50. The third-order valence-corrected chi connectivity index (χ3v) is 5.57. The number of hydrogen-bond donors (Lipinski definition) is 1. The van der Waals surface area contributed by atoms with Crippen molar-refractivity contribution in [2.24, 2.45) is 0 Å². The van der Waals surface area contributed by atoms with Crippen LogP contribution in [0.3, 0.4) is 0 Å². The Balaban J connectivity index is 1.76. The van der Waals surface area contributed by atoms with Crippen LogP contribution in [-0.4, -0.2) is 25.0 Å². The molecule has 0 fully saturated rings. The van der Waals surface area contributed by atoms with Crippen LogP contribution in [0, 0.1) is 13.8 Å². The molecule has 0 atom stereocenters. The van der Waals surface area contributed by atoms with Crippen molar-refractivity contribution in [3.05, 3.63) is 89.1 Å². The number of amides is 2. The van der Waals surface area contributed by atoms with Gasteiger partial charge in [-0.05, 0) is 81.3 Å². The normalized spacial score (nSPS) is 13.5. The van der Waals surface area contributed by atoms with Gasteiger partial charge in [-0.2, -0.15) is 0 Å². The molecule has 1 aliphatic rings. The Kier molecular flexibility index (Phi) is 6.68. The van der Waals surface area contributed by atoms with Crippen molar-refractivity contribution in [2.45, 2.75) is 27.7 Å². The van der Waals surface area contributed by atoms with Crippen LogP contribution in [0.4, 0.5) is 11.4 Å². The first kappa shape index (κ1) is 23.1. The van der Waals surface area contributed by atoms with Crippen LogP contribution in [0.25, 0.3) is 5.57 Å². The lowest BCUT2D eigenvalue weighted by Gasteiger charge is -2.18. The monoisotopic (exact) mass is 456 g/mol. The minimum atomic E-state index is -0.394. The molecule has 0 bridgehead atoms. The predicted molar refractivity (Wildman–Crippen MR) is 134 cm³/mol. The second-order valence-corrected chi connectivity index (χ2v) is 8.03. The molecular formula is C28H28N2O4. The van der Waals surface area contributed by atoms with E-state index < -0.39 is 5.91 Å². The molecule has 3 aromatic carbocycles. The minimum Gasteiger partial charge on any atom is -0.494 e. The highest BCUT2D eigenvalue weighted by molar-refractivity contribution is 6.46. The summed E-state index contributed by atoms with van der Waals surface area (Å²) >= 11 is 0. The Morgan fingerprint density at radius 2 is 1.35 bits per heavy atom. The average molecular weight is 457 g/mol. The Labute approximate surface area is 199 Å². The van der Waals surface area contributed by atoms with E-state index in [0.717, 1.165) is 16.9 Å². The summed E-state index contributed by atoms with van der Waals surface area (Å²) in [6, 6.07) is 20.2. The van der Waals surface area contributed by atoms with Crippen molar-refractivity contribution in [1.29, 1.82) is 0 Å². The van der Waals surface area contributed by atoms with Gasteiger partial charge in [0.05, 0.1) is 24.5 Å². The third-order valence-electron chi connectivity index (χ3n) is 5.57. The summed E-state index contributed by atoms with van der Waals surface area (Å²) in [4.78, 5) is 28.5. The van der Waals surface area contributed by atoms with Crippen molar-refractivity contribution >= 4 is 28.8 Å². The van der Waals surface area contributed by atoms with Gasteiger partial charge in [0.15, 0.2) is 0 Å². The zero-order valence-electron chi connectivity index (χ0n) is 19.8. The van der Waals surface area contributed by atoms with Gasteiger partial charge in [-0.15, -0.1) is 0 Å². The van der Waals surface area contributed by atoms with E-state index in [4.69, 9.17) is 9.47 Å². The highest BCUT2D eigenvalue weighted by Crippen LogP contribution is 2.36. The van der Waals surface area contributed by atoms with Crippen LogP contribution < -0.4 is 19.7 Å². The standard InChI is InChI=1S/C28H28N2O4/c1-5-33-22-12-8-20(9-13-22)25-26(29-21-10-14-23(15-11-21)34-6-2)28(32)30(27(25)31)24-16-7-18(3)17-19(24)4/h7-17,29H,5-6H2,1-4H3. The van der Waals surface area contributed by atoms with Crippen molar-refractivity contribution in [1.82, 2.24) is 0 Å². The Bertz CT molecular complexity index is 1240. The maximum atomic E-state index is 13.7. The van der Waals surface area contributed by atoms with Crippen LogP contribution in [-0.2, 0) is 9.59 Å². The number of nitrogens with zero attached hydrogens (tertiary/aromatic N) is 1. The van der Waals surface area contributed by atoms with Gasteiger partial charge in [-0.1, -0.05) is 29.8 Å². The highest BCUT2D eigenvalue weighted by Gasteiger charge is 2.40. The largest absolute Gasteiger partial charge is 0.494 e. The number of carbonyl (C=O) groups excluding carboxylic acids is 2. The number of rotatable bonds is 8. The number of anilines is 2. The van der Waals surface area contributed by atoms with Crippen LogP contribution in [0.5, 0.6) is 11.5 Å². The van der Waals surface area contributed by atoms with E-state index in [9.17, 15) is 9.59 Å². The molecule has 0 saturated heterocycles. The molecule has 0 spiro atoms. The summed E-state index contributed by atoms with van der Waals surface area (Å²) in [5.74, 6) is 0.680. The summed E-state index contributed by atoms with van der Waals surface area (Å²) < 4.78 is 11.0. The minimum absolute atomic E-state index is 0.235. The zero-order valence-corrected chi connectivity index (χ0v) is 19.8. The molecule has 3 aromatic rings. The van der Waals surface area contributed by atoms with Gasteiger partial charge in [0, 0.05) is 5.69 Å². The molecule has 0 aliphatic carbocycles. The summed E-state index contributed by atoms with van der Waals surface area (Å²) in [6.07, 6.45) is 0. The van der Waals surface area contributed by atoms with Gasteiger partial charge in [0.2, 0.25) is 0 Å². The smallest absolute Gasteiger partial charge is 0.282 e. The summed E-state index contributed by atoms with van der Waals surface area (Å²) in [5.41, 5.74) is 4.38. The zero-order chi connectivity index (χ0) is 24.2. The van der Waals surface area contributed by atoms with Crippen molar-refractivity contribution in [2.75, 3.05) is 23.4 Å². The van der Waals surface area contributed by atoms with Crippen LogP contribution in [0.2, 0.25) is 0 Å². The van der Waals surface area contributed by atoms with Gasteiger partial charge in [-0.25, -0.2) is 4.90 Å². The van der Waals surface area contributed by atoms with Gasteiger partial charge in [0.1, 0.15) is 17.2 Å². The first-order valence-electron chi connectivity index (χ1n) is 11.4. The van der Waals surface area contributed by atoms with Crippen LogP contribution in [0.15, 0.2) is 72.4 Å². The molecule has 0 aromatic heterocycles. The summed E-state index contributed by atoms with van der Waals surface area (Å²) in [5, 5.41) is 3.19. The first-order valence-corrected chi connectivity index (χ1v) is 11.4.